The molecule has 20 heavy (non-hydrogen) atoms. The van der Waals surface area contributed by atoms with Crippen molar-refractivity contribution in [1.82, 2.24) is 10.2 Å². The first-order chi connectivity index (χ1) is 9.69. The maximum absolute atomic E-state index is 5.96. The number of hydrogen-bond acceptors (Lipinski definition) is 2. The Kier molecular flexibility index (Phi) is 5.83. The summed E-state index contributed by atoms with van der Waals surface area (Å²) in [4.78, 5) is 3.36. The van der Waals surface area contributed by atoms with Gasteiger partial charge in [0.2, 0.25) is 0 Å². The van der Waals surface area contributed by atoms with Crippen molar-refractivity contribution in [1.29, 1.82) is 0 Å². The monoisotopic (exact) mass is 324 g/mol. The summed E-state index contributed by atoms with van der Waals surface area (Å²) in [5, 5.41) is 4.08. The number of halogens is 1. The second-order valence-corrected chi connectivity index (χ2v) is 6.55. The summed E-state index contributed by atoms with van der Waals surface area (Å²) >= 11 is 13.0. The number of nitrogens with zero attached hydrogens (tertiary/aromatic N) is 1. The Labute approximate surface area is 134 Å². The molecule has 0 aliphatic rings. The normalized spacial score (nSPS) is 10.3. The number of thiophene rings is 1. The van der Waals surface area contributed by atoms with Gasteiger partial charge in [-0.3, -0.25) is 0 Å². The lowest BCUT2D eigenvalue weighted by atomic mass is 10.2. The lowest BCUT2D eigenvalue weighted by Gasteiger charge is -2.23. The molecule has 0 atom stereocenters. The Morgan fingerprint density at radius 1 is 1.25 bits per heavy atom. The summed E-state index contributed by atoms with van der Waals surface area (Å²) < 4.78 is 0.819. The van der Waals surface area contributed by atoms with Gasteiger partial charge in [-0.25, -0.2) is 0 Å². The van der Waals surface area contributed by atoms with E-state index in [-0.39, 0.29) is 0 Å². The van der Waals surface area contributed by atoms with Crippen LogP contribution < -0.4 is 5.32 Å². The van der Waals surface area contributed by atoms with Crippen LogP contribution in [-0.2, 0) is 13.1 Å². The summed E-state index contributed by atoms with van der Waals surface area (Å²) in [6, 6.07) is 14.2. The van der Waals surface area contributed by atoms with Crippen LogP contribution >= 0.6 is 35.2 Å². The van der Waals surface area contributed by atoms with E-state index in [4.69, 9.17) is 23.8 Å². The molecule has 2 aromatic rings. The van der Waals surface area contributed by atoms with Crippen molar-refractivity contribution >= 4 is 40.3 Å². The fraction of sp³-hybridized carbons (Fsp3) is 0.267. The number of hydrogen-bond donors (Lipinski definition) is 1. The van der Waals surface area contributed by atoms with E-state index in [1.807, 2.05) is 24.3 Å². The molecular formula is C15H17ClN2S2. The molecule has 5 heteroatoms. The predicted molar refractivity (Wildman–Crippen MR) is 91.3 cm³/mol. The summed E-state index contributed by atoms with van der Waals surface area (Å²) in [6.07, 6.45) is 0. The molecule has 2 nitrogen and oxygen atoms in total. The fourth-order valence-electron chi connectivity index (χ4n) is 1.84. The first kappa shape index (κ1) is 15.3. The van der Waals surface area contributed by atoms with Crippen molar-refractivity contribution in [2.45, 2.75) is 20.0 Å². The van der Waals surface area contributed by atoms with Crippen LogP contribution in [0.2, 0.25) is 4.34 Å². The number of thiocarbonyl (C=S) groups is 1. The first-order valence-electron chi connectivity index (χ1n) is 6.50. The molecule has 0 aliphatic heterocycles. The van der Waals surface area contributed by atoms with Crippen molar-refractivity contribution in [2.75, 3.05) is 6.54 Å². The third-order valence-corrected chi connectivity index (χ3v) is 4.55. The number of nitrogens with one attached hydrogen (secondary N) is 1. The van der Waals surface area contributed by atoms with Gasteiger partial charge in [0.05, 0.1) is 10.9 Å². The van der Waals surface area contributed by atoms with Crippen LogP contribution in [0.4, 0.5) is 0 Å². The highest BCUT2D eigenvalue weighted by Gasteiger charge is 2.09. The van der Waals surface area contributed by atoms with Gasteiger partial charge in [-0.05, 0) is 36.8 Å². The van der Waals surface area contributed by atoms with Gasteiger partial charge in [-0.2, -0.15) is 0 Å². The molecule has 0 fully saturated rings. The highest BCUT2D eigenvalue weighted by Crippen LogP contribution is 2.22. The van der Waals surface area contributed by atoms with E-state index >= 15 is 0 Å². The summed E-state index contributed by atoms with van der Waals surface area (Å²) in [5.74, 6) is 0. The van der Waals surface area contributed by atoms with Crippen molar-refractivity contribution in [3.05, 3.63) is 57.2 Å². The molecule has 0 spiro atoms. The molecular weight excluding hydrogens is 308 g/mol. The van der Waals surface area contributed by atoms with Gasteiger partial charge in [0, 0.05) is 18.0 Å². The highest BCUT2D eigenvalue weighted by atomic mass is 35.5. The number of benzene rings is 1. The minimum Gasteiger partial charge on any atom is -0.358 e. The Morgan fingerprint density at radius 3 is 2.60 bits per heavy atom. The van der Waals surface area contributed by atoms with Crippen LogP contribution in [0.15, 0.2) is 42.5 Å². The molecule has 2 rings (SSSR count). The van der Waals surface area contributed by atoms with E-state index in [1.165, 1.54) is 10.4 Å². The van der Waals surface area contributed by atoms with Crippen molar-refractivity contribution in [2.24, 2.45) is 0 Å². The minimum absolute atomic E-state index is 0.751. The molecule has 0 amide bonds. The zero-order chi connectivity index (χ0) is 14.4. The summed E-state index contributed by atoms with van der Waals surface area (Å²) in [5.41, 5.74) is 1.23. The smallest absolute Gasteiger partial charge is 0.169 e. The van der Waals surface area contributed by atoms with E-state index < -0.39 is 0 Å². The van der Waals surface area contributed by atoms with E-state index in [9.17, 15) is 0 Å². The molecule has 1 aromatic carbocycles. The lowest BCUT2D eigenvalue weighted by Crippen LogP contribution is -2.38. The molecule has 0 saturated heterocycles. The van der Waals surface area contributed by atoms with Crippen molar-refractivity contribution < 1.29 is 0 Å². The maximum atomic E-state index is 5.96. The molecule has 1 N–H and O–H groups in total. The van der Waals surface area contributed by atoms with Gasteiger partial charge >= 0.3 is 0 Å². The third kappa shape index (κ3) is 4.47. The second kappa shape index (κ2) is 7.62. The van der Waals surface area contributed by atoms with Gasteiger partial charge in [0.15, 0.2) is 5.11 Å². The SMILES string of the molecule is CCN(Cc1ccc(Cl)s1)C(=S)NCc1ccccc1. The third-order valence-electron chi connectivity index (χ3n) is 2.93. The zero-order valence-corrected chi connectivity index (χ0v) is 13.7. The molecule has 0 bridgehead atoms. The second-order valence-electron chi connectivity index (χ2n) is 4.36. The Balaban J connectivity index is 1.89. The Morgan fingerprint density at radius 2 is 2.00 bits per heavy atom. The van der Waals surface area contributed by atoms with E-state index in [0.29, 0.717) is 0 Å². The first-order valence-corrected chi connectivity index (χ1v) is 8.10. The topological polar surface area (TPSA) is 15.3 Å². The summed E-state index contributed by atoms with van der Waals surface area (Å²) in [7, 11) is 0. The molecule has 0 saturated carbocycles. The van der Waals surface area contributed by atoms with Crippen LogP contribution in [0, 0.1) is 0 Å². The van der Waals surface area contributed by atoms with Gasteiger partial charge < -0.3 is 10.2 Å². The van der Waals surface area contributed by atoms with E-state index in [2.05, 4.69) is 35.3 Å². The molecule has 106 valence electrons. The van der Waals surface area contributed by atoms with Crippen LogP contribution in [-0.4, -0.2) is 16.6 Å². The largest absolute Gasteiger partial charge is 0.358 e. The molecule has 0 unspecified atom stereocenters. The average Bonchev–Trinajstić information content (AvgIpc) is 2.88. The maximum Gasteiger partial charge on any atom is 0.169 e. The van der Waals surface area contributed by atoms with E-state index in [0.717, 1.165) is 29.1 Å². The van der Waals surface area contributed by atoms with E-state index in [1.54, 1.807) is 11.3 Å². The van der Waals surface area contributed by atoms with Gasteiger partial charge in [-0.1, -0.05) is 41.9 Å². The minimum atomic E-state index is 0.751. The Hall–Kier alpha value is -1.10. The van der Waals surface area contributed by atoms with Gasteiger partial charge in [0.1, 0.15) is 0 Å². The van der Waals surface area contributed by atoms with Crippen LogP contribution in [0.1, 0.15) is 17.4 Å². The summed E-state index contributed by atoms with van der Waals surface area (Å²) in [6.45, 7) is 4.53. The average molecular weight is 325 g/mol. The standard InChI is InChI=1S/C15H17ClN2S2/c1-2-18(11-13-8-9-14(16)20-13)15(19)17-10-12-6-4-3-5-7-12/h3-9H,2,10-11H2,1H3,(H,17,19). The van der Waals surface area contributed by atoms with Crippen molar-refractivity contribution in [3.8, 4) is 0 Å². The molecule has 1 heterocycles. The van der Waals surface area contributed by atoms with Crippen LogP contribution in [0.25, 0.3) is 0 Å². The van der Waals surface area contributed by atoms with Crippen molar-refractivity contribution in [3.63, 3.8) is 0 Å². The zero-order valence-electron chi connectivity index (χ0n) is 11.3. The predicted octanol–water partition coefficient (Wildman–Crippen LogP) is 4.30. The number of rotatable bonds is 5. The lowest BCUT2D eigenvalue weighted by molar-refractivity contribution is 0.430. The Bertz CT molecular complexity index is 554. The van der Waals surface area contributed by atoms with Crippen LogP contribution in [0.3, 0.4) is 0 Å². The van der Waals surface area contributed by atoms with Crippen LogP contribution in [0.5, 0.6) is 0 Å². The molecule has 0 radical (unpaired) electrons. The van der Waals surface area contributed by atoms with Gasteiger partial charge in [0.25, 0.3) is 0 Å². The van der Waals surface area contributed by atoms with Gasteiger partial charge in [-0.15, -0.1) is 11.3 Å². The molecule has 1 aromatic heterocycles. The highest BCUT2D eigenvalue weighted by molar-refractivity contribution is 7.80. The quantitative estimate of drug-likeness (QED) is 0.826. The molecule has 0 aliphatic carbocycles. The fourth-order valence-corrected chi connectivity index (χ4v) is 3.21.